The van der Waals surface area contributed by atoms with Crippen molar-refractivity contribution in [3.8, 4) is 0 Å². The molecule has 1 aliphatic heterocycles. The van der Waals surface area contributed by atoms with Gasteiger partial charge in [-0.2, -0.15) is 0 Å². The summed E-state index contributed by atoms with van der Waals surface area (Å²) in [5.41, 5.74) is 3.91. The molecular formula is C23H31ClN4O. The summed E-state index contributed by atoms with van der Waals surface area (Å²) in [5.74, 6) is 0.855. The third kappa shape index (κ3) is 5.94. The van der Waals surface area contributed by atoms with Crippen molar-refractivity contribution in [2.24, 2.45) is 4.99 Å². The van der Waals surface area contributed by atoms with E-state index in [-0.39, 0.29) is 5.41 Å². The Morgan fingerprint density at radius 2 is 1.97 bits per heavy atom. The Morgan fingerprint density at radius 3 is 2.66 bits per heavy atom. The van der Waals surface area contributed by atoms with Crippen molar-refractivity contribution in [1.29, 1.82) is 0 Å². The number of halogens is 1. The molecule has 1 fully saturated rings. The molecule has 3 rings (SSSR count). The van der Waals surface area contributed by atoms with Crippen molar-refractivity contribution in [3.05, 3.63) is 64.4 Å². The fraction of sp³-hybridized carbons (Fsp3) is 0.478. The summed E-state index contributed by atoms with van der Waals surface area (Å²) < 4.78 is 5.67. The van der Waals surface area contributed by atoms with Gasteiger partial charge in [0, 0.05) is 37.9 Å². The Bertz CT molecular complexity index is 801. The van der Waals surface area contributed by atoms with E-state index < -0.39 is 0 Å². The highest BCUT2D eigenvalue weighted by molar-refractivity contribution is 6.29. The van der Waals surface area contributed by atoms with Crippen LogP contribution < -0.4 is 10.6 Å². The lowest BCUT2D eigenvalue weighted by atomic mass is 9.72. The largest absolute Gasteiger partial charge is 0.381 e. The Morgan fingerprint density at radius 1 is 1.17 bits per heavy atom. The molecular weight excluding hydrogens is 384 g/mol. The zero-order chi connectivity index (χ0) is 20.5. The first-order valence-electron chi connectivity index (χ1n) is 10.4. The first kappa shape index (κ1) is 21.6. The van der Waals surface area contributed by atoms with Crippen molar-refractivity contribution in [2.75, 3.05) is 32.8 Å². The highest BCUT2D eigenvalue weighted by Gasteiger charge is 2.35. The maximum atomic E-state index is 5.86. The van der Waals surface area contributed by atoms with Crippen LogP contribution in [-0.4, -0.2) is 43.8 Å². The highest BCUT2D eigenvalue weighted by Crippen LogP contribution is 2.37. The Kier molecular flexibility index (Phi) is 7.90. The van der Waals surface area contributed by atoms with Crippen LogP contribution in [0.3, 0.4) is 0 Å². The molecule has 156 valence electrons. The van der Waals surface area contributed by atoms with Gasteiger partial charge in [-0.05, 0) is 55.9 Å². The van der Waals surface area contributed by atoms with E-state index in [1.807, 2.05) is 18.3 Å². The first-order valence-corrected chi connectivity index (χ1v) is 10.8. The molecule has 5 nitrogen and oxygen atoms in total. The average molecular weight is 415 g/mol. The fourth-order valence-corrected chi connectivity index (χ4v) is 4.01. The summed E-state index contributed by atoms with van der Waals surface area (Å²) in [6, 6.07) is 12.5. The number of aryl methyl sites for hydroxylation is 1. The predicted octanol–water partition coefficient (Wildman–Crippen LogP) is 3.89. The van der Waals surface area contributed by atoms with Gasteiger partial charge in [-0.25, -0.2) is 4.98 Å². The number of ether oxygens (including phenoxy) is 1. The molecule has 1 aromatic heterocycles. The third-order valence-corrected chi connectivity index (χ3v) is 5.77. The van der Waals surface area contributed by atoms with E-state index in [1.165, 1.54) is 11.1 Å². The molecule has 0 spiro atoms. The van der Waals surface area contributed by atoms with Gasteiger partial charge in [-0.15, -0.1) is 0 Å². The van der Waals surface area contributed by atoms with Gasteiger partial charge in [-0.3, -0.25) is 4.99 Å². The van der Waals surface area contributed by atoms with E-state index in [0.717, 1.165) is 63.6 Å². The lowest BCUT2D eigenvalue weighted by molar-refractivity contribution is 0.0529. The van der Waals surface area contributed by atoms with E-state index >= 15 is 0 Å². The molecule has 6 heteroatoms. The van der Waals surface area contributed by atoms with E-state index in [9.17, 15) is 0 Å². The quantitative estimate of drug-likeness (QED) is 0.410. The Hall–Kier alpha value is -2.11. The van der Waals surface area contributed by atoms with Crippen LogP contribution in [0.1, 0.15) is 36.5 Å². The molecule has 2 heterocycles. The Labute approximate surface area is 178 Å². The van der Waals surface area contributed by atoms with Gasteiger partial charge in [0.15, 0.2) is 5.96 Å². The van der Waals surface area contributed by atoms with Gasteiger partial charge in [0.2, 0.25) is 0 Å². The van der Waals surface area contributed by atoms with Crippen LogP contribution in [0.5, 0.6) is 0 Å². The molecule has 0 unspecified atom stereocenters. The minimum Gasteiger partial charge on any atom is -0.381 e. The van der Waals surface area contributed by atoms with E-state index in [2.05, 4.69) is 53.7 Å². The second kappa shape index (κ2) is 10.6. The number of aromatic nitrogens is 1. The highest BCUT2D eigenvalue weighted by atomic mass is 35.5. The molecule has 0 radical (unpaired) electrons. The zero-order valence-corrected chi connectivity index (χ0v) is 18.1. The van der Waals surface area contributed by atoms with Crippen molar-refractivity contribution in [1.82, 2.24) is 15.6 Å². The molecule has 2 N–H and O–H groups in total. The molecule has 0 bridgehead atoms. The summed E-state index contributed by atoms with van der Waals surface area (Å²) in [5, 5.41) is 7.35. The zero-order valence-electron chi connectivity index (χ0n) is 17.4. The number of guanidine groups is 1. The SMILES string of the molecule is CCNC(=NCC1(c2ccccc2C)CCOCC1)NCCc1ccc(Cl)nc1. The van der Waals surface area contributed by atoms with Crippen LogP contribution in [0.2, 0.25) is 5.15 Å². The lowest BCUT2D eigenvalue weighted by Crippen LogP contribution is -2.42. The second-order valence-corrected chi connectivity index (χ2v) is 7.96. The number of benzene rings is 1. The van der Waals surface area contributed by atoms with Crippen LogP contribution in [0, 0.1) is 6.92 Å². The Balaban J connectivity index is 1.69. The number of nitrogens with one attached hydrogen (secondary N) is 2. The summed E-state index contributed by atoms with van der Waals surface area (Å²) in [6.07, 6.45) is 4.68. The minimum atomic E-state index is 0.0338. The summed E-state index contributed by atoms with van der Waals surface area (Å²) in [4.78, 5) is 9.12. The summed E-state index contributed by atoms with van der Waals surface area (Å²) in [7, 11) is 0. The maximum Gasteiger partial charge on any atom is 0.191 e. The summed E-state index contributed by atoms with van der Waals surface area (Å²) in [6.45, 7) is 8.23. The maximum absolute atomic E-state index is 5.86. The van der Waals surface area contributed by atoms with Gasteiger partial charge >= 0.3 is 0 Å². The average Bonchev–Trinajstić information content (AvgIpc) is 2.74. The van der Waals surface area contributed by atoms with E-state index in [0.29, 0.717) is 5.15 Å². The van der Waals surface area contributed by atoms with Crippen LogP contribution >= 0.6 is 11.6 Å². The number of aliphatic imine (C=N–C) groups is 1. The third-order valence-electron chi connectivity index (χ3n) is 5.55. The van der Waals surface area contributed by atoms with E-state index in [4.69, 9.17) is 21.3 Å². The predicted molar refractivity (Wildman–Crippen MR) is 120 cm³/mol. The minimum absolute atomic E-state index is 0.0338. The number of hydrogen-bond donors (Lipinski definition) is 2. The monoisotopic (exact) mass is 414 g/mol. The smallest absolute Gasteiger partial charge is 0.191 e. The second-order valence-electron chi connectivity index (χ2n) is 7.57. The van der Waals surface area contributed by atoms with Gasteiger partial charge in [-0.1, -0.05) is 41.9 Å². The molecule has 1 saturated heterocycles. The van der Waals surface area contributed by atoms with Crippen molar-refractivity contribution < 1.29 is 4.74 Å². The summed E-state index contributed by atoms with van der Waals surface area (Å²) >= 11 is 5.86. The number of rotatable bonds is 7. The van der Waals surface area contributed by atoms with Crippen LogP contribution in [0.4, 0.5) is 0 Å². The fourth-order valence-electron chi connectivity index (χ4n) is 3.89. The van der Waals surface area contributed by atoms with Gasteiger partial charge < -0.3 is 15.4 Å². The number of pyridine rings is 1. The van der Waals surface area contributed by atoms with Crippen molar-refractivity contribution in [2.45, 2.75) is 38.5 Å². The molecule has 1 aromatic carbocycles. The van der Waals surface area contributed by atoms with Crippen molar-refractivity contribution in [3.63, 3.8) is 0 Å². The molecule has 0 aliphatic carbocycles. The van der Waals surface area contributed by atoms with Crippen molar-refractivity contribution >= 4 is 17.6 Å². The molecule has 0 amide bonds. The topological polar surface area (TPSA) is 58.5 Å². The standard InChI is InChI=1S/C23H31ClN4O/c1-3-25-22(26-13-10-19-8-9-21(24)27-16-19)28-17-23(11-14-29-15-12-23)20-7-5-4-6-18(20)2/h4-9,16H,3,10-15,17H2,1-2H3,(H2,25,26,28). The van der Waals surface area contributed by atoms with Crippen LogP contribution in [0.15, 0.2) is 47.6 Å². The van der Waals surface area contributed by atoms with Gasteiger partial charge in [0.25, 0.3) is 0 Å². The molecule has 0 atom stereocenters. The first-order chi connectivity index (χ1) is 14.1. The molecule has 2 aromatic rings. The van der Waals surface area contributed by atoms with Gasteiger partial charge in [0.1, 0.15) is 5.15 Å². The van der Waals surface area contributed by atoms with E-state index in [1.54, 1.807) is 0 Å². The number of hydrogen-bond acceptors (Lipinski definition) is 3. The number of nitrogens with zero attached hydrogens (tertiary/aromatic N) is 2. The molecule has 1 aliphatic rings. The lowest BCUT2D eigenvalue weighted by Gasteiger charge is -2.37. The van der Waals surface area contributed by atoms with Gasteiger partial charge in [0.05, 0.1) is 6.54 Å². The molecule has 29 heavy (non-hydrogen) atoms. The van der Waals surface area contributed by atoms with Crippen LogP contribution in [0.25, 0.3) is 0 Å². The van der Waals surface area contributed by atoms with Crippen LogP contribution in [-0.2, 0) is 16.6 Å². The molecule has 0 saturated carbocycles. The normalized spacial score (nSPS) is 16.4.